The summed E-state index contributed by atoms with van der Waals surface area (Å²) in [7, 11) is 0. The van der Waals surface area contributed by atoms with E-state index in [0.29, 0.717) is 31.6 Å². The highest BCUT2D eigenvalue weighted by Crippen LogP contribution is 2.28. The van der Waals surface area contributed by atoms with E-state index in [1.165, 1.54) is 18.0 Å². The monoisotopic (exact) mass is 515 g/mol. The summed E-state index contributed by atoms with van der Waals surface area (Å²) in [5, 5.41) is 14.7. The van der Waals surface area contributed by atoms with Gasteiger partial charge in [-0.25, -0.2) is 5.43 Å². The smallest absolute Gasteiger partial charge is 0.250 e. The van der Waals surface area contributed by atoms with Crippen molar-refractivity contribution < 1.29 is 4.79 Å². The van der Waals surface area contributed by atoms with E-state index < -0.39 is 0 Å². The van der Waals surface area contributed by atoms with Crippen LogP contribution in [0, 0.1) is 0 Å². The highest BCUT2D eigenvalue weighted by atomic mass is 35.5. The van der Waals surface area contributed by atoms with Crippen molar-refractivity contribution in [3.8, 4) is 17.1 Å². The minimum Gasteiger partial charge on any atom is -0.272 e. The van der Waals surface area contributed by atoms with Crippen molar-refractivity contribution in [1.29, 1.82) is 0 Å². The van der Waals surface area contributed by atoms with Gasteiger partial charge >= 0.3 is 0 Å². The largest absolute Gasteiger partial charge is 0.272 e. The van der Waals surface area contributed by atoms with Gasteiger partial charge in [-0.1, -0.05) is 70.8 Å². The van der Waals surface area contributed by atoms with Crippen molar-refractivity contribution in [3.05, 3.63) is 93.4 Å². The molecule has 166 valence electrons. The van der Waals surface area contributed by atoms with Gasteiger partial charge in [-0.05, 0) is 54.1 Å². The molecule has 0 radical (unpaired) electrons. The fourth-order valence-electron chi connectivity index (χ4n) is 2.89. The maximum absolute atomic E-state index is 12.3. The van der Waals surface area contributed by atoms with Crippen molar-refractivity contribution in [2.75, 3.05) is 5.75 Å². The molecule has 3 aromatic carbocycles. The highest BCUT2D eigenvalue weighted by molar-refractivity contribution is 7.99. The summed E-state index contributed by atoms with van der Waals surface area (Å²) in [5.74, 6) is 0.468. The van der Waals surface area contributed by atoms with E-state index in [9.17, 15) is 4.79 Å². The molecule has 1 aromatic heterocycles. The average molecular weight is 517 g/mol. The maximum atomic E-state index is 12.3. The molecule has 0 atom stereocenters. The summed E-state index contributed by atoms with van der Waals surface area (Å²) in [6, 6.07) is 22.1. The Morgan fingerprint density at radius 1 is 0.970 bits per heavy atom. The zero-order valence-electron chi connectivity index (χ0n) is 17.0. The van der Waals surface area contributed by atoms with Crippen LogP contribution in [0.1, 0.15) is 5.56 Å². The van der Waals surface area contributed by atoms with Crippen LogP contribution in [0.25, 0.3) is 17.1 Å². The van der Waals surface area contributed by atoms with E-state index in [-0.39, 0.29) is 11.7 Å². The standard InChI is InChI=1S/C23H16Cl3N5OS/c24-17-9-7-16(8-10-17)22-29-30-23(31(22)18-4-2-1-3-5-18)33-14-21(32)28-27-13-15-6-11-19(25)20(26)12-15/h1-13H,14H2,(H,28,32)/b27-13+. The van der Waals surface area contributed by atoms with Gasteiger partial charge in [0.2, 0.25) is 0 Å². The normalized spacial score (nSPS) is 11.1. The second-order valence-electron chi connectivity index (χ2n) is 6.74. The van der Waals surface area contributed by atoms with Gasteiger partial charge in [-0.2, -0.15) is 5.10 Å². The first-order valence-electron chi connectivity index (χ1n) is 9.68. The molecule has 0 bridgehead atoms. The van der Waals surface area contributed by atoms with Crippen LogP contribution in [0.15, 0.2) is 83.1 Å². The number of nitrogens with zero attached hydrogens (tertiary/aromatic N) is 4. The summed E-state index contributed by atoms with van der Waals surface area (Å²) in [6.45, 7) is 0. The van der Waals surface area contributed by atoms with Gasteiger partial charge in [-0.15, -0.1) is 10.2 Å². The summed E-state index contributed by atoms with van der Waals surface area (Å²) in [6.07, 6.45) is 1.50. The molecule has 0 saturated heterocycles. The average Bonchev–Trinajstić information content (AvgIpc) is 3.25. The molecule has 4 rings (SSSR count). The minimum absolute atomic E-state index is 0.101. The van der Waals surface area contributed by atoms with Crippen molar-refractivity contribution in [2.24, 2.45) is 5.10 Å². The molecule has 6 nitrogen and oxygen atoms in total. The molecule has 4 aromatic rings. The van der Waals surface area contributed by atoms with Gasteiger partial charge in [0, 0.05) is 16.3 Å². The summed E-state index contributed by atoms with van der Waals surface area (Å²) < 4.78 is 1.90. The molecule has 0 saturated carbocycles. The predicted molar refractivity (Wildman–Crippen MR) is 135 cm³/mol. The molecule has 0 aliphatic rings. The Morgan fingerprint density at radius 3 is 2.45 bits per heavy atom. The van der Waals surface area contributed by atoms with E-state index in [4.69, 9.17) is 34.8 Å². The molecule has 33 heavy (non-hydrogen) atoms. The molecule has 0 aliphatic heterocycles. The number of hydrogen-bond acceptors (Lipinski definition) is 5. The summed E-state index contributed by atoms with van der Waals surface area (Å²) in [4.78, 5) is 12.3. The zero-order chi connectivity index (χ0) is 23.2. The lowest BCUT2D eigenvalue weighted by Gasteiger charge is -2.10. The zero-order valence-corrected chi connectivity index (χ0v) is 20.0. The van der Waals surface area contributed by atoms with Gasteiger partial charge in [0.15, 0.2) is 11.0 Å². The summed E-state index contributed by atoms with van der Waals surface area (Å²) in [5.41, 5.74) is 4.96. The second kappa shape index (κ2) is 10.9. The molecule has 0 unspecified atom stereocenters. The number of rotatable bonds is 7. The number of para-hydroxylation sites is 1. The molecular formula is C23H16Cl3N5OS. The number of aromatic nitrogens is 3. The van der Waals surface area contributed by atoms with Crippen molar-refractivity contribution in [1.82, 2.24) is 20.2 Å². The molecular weight excluding hydrogens is 501 g/mol. The number of halogens is 3. The molecule has 10 heteroatoms. The van der Waals surface area contributed by atoms with Gasteiger partial charge in [0.05, 0.1) is 22.0 Å². The fourth-order valence-corrected chi connectivity index (χ4v) is 4.07. The fraction of sp³-hybridized carbons (Fsp3) is 0.0435. The van der Waals surface area contributed by atoms with E-state index in [1.54, 1.807) is 30.3 Å². The highest BCUT2D eigenvalue weighted by Gasteiger charge is 2.17. The third kappa shape index (κ3) is 5.94. The third-order valence-electron chi connectivity index (χ3n) is 4.43. The Morgan fingerprint density at radius 2 is 1.73 bits per heavy atom. The van der Waals surface area contributed by atoms with Crippen molar-refractivity contribution in [2.45, 2.75) is 5.16 Å². The van der Waals surface area contributed by atoms with Crippen LogP contribution in [0.3, 0.4) is 0 Å². The van der Waals surface area contributed by atoms with E-state index >= 15 is 0 Å². The van der Waals surface area contributed by atoms with Crippen LogP contribution in [-0.2, 0) is 4.79 Å². The number of thioether (sulfide) groups is 1. The van der Waals surface area contributed by atoms with Gasteiger partial charge in [0.1, 0.15) is 0 Å². The van der Waals surface area contributed by atoms with Crippen LogP contribution in [0.2, 0.25) is 15.1 Å². The van der Waals surface area contributed by atoms with E-state index in [2.05, 4.69) is 20.7 Å². The number of carbonyl (C=O) groups is 1. The lowest BCUT2D eigenvalue weighted by molar-refractivity contribution is -0.118. The number of benzene rings is 3. The molecule has 0 spiro atoms. The van der Waals surface area contributed by atoms with Gasteiger partial charge in [0.25, 0.3) is 5.91 Å². The number of carbonyl (C=O) groups excluding carboxylic acids is 1. The minimum atomic E-state index is -0.285. The van der Waals surface area contributed by atoms with Crippen LogP contribution >= 0.6 is 46.6 Å². The molecule has 0 fully saturated rings. The Bertz CT molecular complexity index is 1290. The molecule has 1 amide bonds. The number of hydrazone groups is 1. The van der Waals surface area contributed by atoms with E-state index in [0.717, 1.165) is 11.3 Å². The first-order valence-corrected chi connectivity index (χ1v) is 11.8. The lowest BCUT2D eigenvalue weighted by Crippen LogP contribution is -2.20. The van der Waals surface area contributed by atoms with Crippen LogP contribution in [-0.4, -0.2) is 32.6 Å². The second-order valence-corrected chi connectivity index (χ2v) is 8.93. The molecule has 1 N–H and O–H groups in total. The SMILES string of the molecule is O=C(CSc1nnc(-c2ccc(Cl)cc2)n1-c1ccccc1)N/N=C/c1ccc(Cl)c(Cl)c1. The lowest BCUT2D eigenvalue weighted by atomic mass is 10.2. The van der Waals surface area contributed by atoms with E-state index in [1.807, 2.05) is 47.0 Å². The number of nitrogens with one attached hydrogen (secondary N) is 1. The third-order valence-corrected chi connectivity index (χ3v) is 6.35. The van der Waals surface area contributed by atoms with Crippen molar-refractivity contribution >= 4 is 58.7 Å². The molecule has 1 heterocycles. The van der Waals surface area contributed by atoms with Gasteiger partial charge < -0.3 is 0 Å². The predicted octanol–water partition coefficient (Wildman–Crippen LogP) is 6.14. The quantitative estimate of drug-likeness (QED) is 0.182. The van der Waals surface area contributed by atoms with Crippen molar-refractivity contribution in [3.63, 3.8) is 0 Å². The maximum Gasteiger partial charge on any atom is 0.250 e. The topological polar surface area (TPSA) is 72.2 Å². The number of hydrogen-bond donors (Lipinski definition) is 1. The first-order chi connectivity index (χ1) is 16.0. The Hall–Kier alpha value is -2.84. The number of amides is 1. The van der Waals surface area contributed by atoms with Crippen LogP contribution in [0.5, 0.6) is 0 Å². The Labute approximate surface area is 209 Å². The van der Waals surface area contributed by atoms with Gasteiger partial charge in [-0.3, -0.25) is 9.36 Å². The molecule has 0 aliphatic carbocycles. The first kappa shape index (κ1) is 23.3. The summed E-state index contributed by atoms with van der Waals surface area (Å²) >= 11 is 19.2. The Kier molecular flexibility index (Phi) is 7.67. The van der Waals surface area contributed by atoms with Crippen LogP contribution < -0.4 is 5.43 Å². The Balaban J connectivity index is 1.48. The van der Waals surface area contributed by atoms with Crippen LogP contribution in [0.4, 0.5) is 0 Å².